The van der Waals surface area contributed by atoms with E-state index in [0.29, 0.717) is 6.54 Å². The lowest BCUT2D eigenvalue weighted by molar-refractivity contribution is -1.02. The van der Waals surface area contributed by atoms with E-state index in [1.165, 1.54) is 14.6 Å². The Morgan fingerprint density at radius 1 is 1.13 bits per heavy atom. The van der Waals surface area contributed by atoms with E-state index in [1.54, 1.807) is 23.3 Å². The summed E-state index contributed by atoms with van der Waals surface area (Å²) in [6.07, 6.45) is 0. The van der Waals surface area contributed by atoms with E-state index in [9.17, 15) is 4.79 Å². The zero-order valence-electron chi connectivity index (χ0n) is 17.6. The fourth-order valence-electron chi connectivity index (χ4n) is 4.01. The number of amides is 1. The number of nitrogens with one attached hydrogen (secondary N) is 3. The third-order valence-corrected chi connectivity index (χ3v) is 7.01. The van der Waals surface area contributed by atoms with Gasteiger partial charge in [-0.15, -0.1) is 11.3 Å². The number of benzene rings is 2. The van der Waals surface area contributed by atoms with Gasteiger partial charge in [-0.25, -0.2) is 4.98 Å². The Hall–Kier alpha value is -2.48. The van der Waals surface area contributed by atoms with E-state index in [0.717, 1.165) is 49.6 Å². The van der Waals surface area contributed by atoms with Crippen LogP contribution in [0.3, 0.4) is 0 Å². The third-order valence-electron chi connectivity index (χ3n) is 5.97. The average Bonchev–Trinajstić information content (AvgIpc) is 3.20. The van der Waals surface area contributed by atoms with Crippen LogP contribution < -0.4 is 19.9 Å². The number of quaternary nitrogens is 2. The number of hydrogen-bond donors (Lipinski definition) is 3. The molecule has 2 heterocycles. The second-order valence-electron chi connectivity index (χ2n) is 7.95. The number of carbonyl (C=O) groups excluding carboxylic acids is 1. The summed E-state index contributed by atoms with van der Waals surface area (Å²) in [7, 11) is 1.65. The Labute approximate surface area is 181 Å². The monoisotopic (exact) mass is 426 g/mol. The molecule has 3 aromatic rings. The summed E-state index contributed by atoms with van der Waals surface area (Å²) in [5.41, 5.74) is 2.18. The lowest BCUT2D eigenvalue weighted by atomic mass is 10.2. The van der Waals surface area contributed by atoms with Crippen LogP contribution in [0, 0.1) is 0 Å². The van der Waals surface area contributed by atoms with Crippen molar-refractivity contribution in [2.45, 2.75) is 26.1 Å². The van der Waals surface area contributed by atoms with Gasteiger partial charge in [-0.2, -0.15) is 0 Å². The van der Waals surface area contributed by atoms with Crippen LogP contribution in [0.15, 0.2) is 48.5 Å². The number of nitrogens with zero attached hydrogens (tertiary/aromatic N) is 1. The first-order valence-corrected chi connectivity index (χ1v) is 11.4. The molecular weight excluding hydrogens is 396 g/mol. The van der Waals surface area contributed by atoms with Crippen molar-refractivity contribution in [3.05, 3.63) is 59.1 Å². The van der Waals surface area contributed by atoms with Crippen LogP contribution in [0.4, 0.5) is 0 Å². The molecular formula is C23H30N4O2S+2. The Bertz CT molecular complexity index is 947. The minimum atomic E-state index is -0.0350. The van der Waals surface area contributed by atoms with Crippen LogP contribution in [0.2, 0.25) is 0 Å². The lowest BCUT2D eigenvalue weighted by Gasteiger charge is -2.32. The van der Waals surface area contributed by atoms with Crippen molar-refractivity contribution in [1.29, 1.82) is 0 Å². The highest BCUT2D eigenvalue weighted by atomic mass is 32.1. The first-order valence-electron chi connectivity index (χ1n) is 10.6. The van der Waals surface area contributed by atoms with E-state index in [1.807, 2.05) is 37.3 Å². The average molecular weight is 427 g/mol. The van der Waals surface area contributed by atoms with Crippen LogP contribution >= 0.6 is 11.3 Å². The van der Waals surface area contributed by atoms with Crippen molar-refractivity contribution in [3.8, 4) is 5.75 Å². The van der Waals surface area contributed by atoms with Gasteiger partial charge in [-0.3, -0.25) is 4.79 Å². The molecule has 1 aromatic heterocycles. The summed E-state index contributed by atoms with van der Waals surface area (Å²) in [6, 6.07) is 16.1. The fraction of sp³-hybridized carbons (Fsp3) is 0.391. The van der Waals surface area contributed by atoms with Crippen molar-refractivity contribution in [2.75, 3.05) is 33.3 Å². The standard InChI is InChI=1S/C23H28N4O2S/c1-17(23(28)24-15-18-7-9-19(29-2)10-8-18)27-13-11-26(12-14-27)16-22-25-20-5-3-4-6-21(20)30-22/h3-10,17H,11-16H2,1-2H3,(H,24,28)/p+2/t17-/m0/s1. The van der Waals surface area contributed by atoms with Crippen LogP contribution in [0.25, 0.3) is 10.2 Å². The van der Waals surface area contributed by atoms with Gasteiger partial charge in [0, 0.05) is 6.54 Å². The molecule has 7 heteroatoms. The first kappa shape index (κ1) is 20.8. The number of para-hydroxylation sites is 1. The first-order chi connectivity index (χ1) is 14.6. The normalized spacial score (nSPS) is 20.1. The topological polar surface area (TPSA) is 60.1 Å². The highest BCUT2D eigenvalue weighted by Crippen LogP contribution is 2.20. The highest BCUT2D eigenvalue weighted by Gasteiger charge is 2.31. The quantitative estimate of drug-likeness (QED) is 0.509. The molecule has 0 unspecified atom stereocenters. The van der Waals surface area contributed by atoms with Gasteiger partial charge < -0.3 is 19.9 Å². The van der Waals surface area contributed by atoms with Gasteiger partial charge >= 0.3 is 0 Å². The number of hydrogen-bond acceptors (Lipinski definition) is 4. The molecule has 30 heavy (non-hydrogen) atoms. The smallest absolute Gasteiger partial charge is 0.278 e. The van der Waals surface area contributed by atoms with Crippen LogP contribution in [0.1, 0.15) is 17.5 Å². The number of carbonyl (C=O) groups is 1. The summed E-state index contributed by atoms with van der Waals surface area (Å²) < 4.78 is 6.44. The molecule has 1 amide bonds. The molecule has 0 bridgehead atoms. The second-order valence-corrected chi connectivity index (χ2v) is 9.06. The van der Waals surface area contributed by atoms with Crippen molar-refractivity contribution in [1.82, 2.24) is 10.3 Å². The van der Waals surface area contributed by atoms with Gasteiger partial charge in [-0.1, -0.05) is 24.3 Å². The Kier molecular flexibility index (Phi) is 6.62. The molecule has 6 nitrogen and oxygen atoms in total. The molecule has 4 rings (SSSR count). The molecule has 2 aromatic carbocycles. The Morgan fingerprint density at radius 2 is 1.87 bits per heavy atom. The van der Waals surface area contributed by atoms with Crippen LogP contribution in [-0.4, -0.2) is 50.2 Å². The zero-order valence-corrected chi connectivity index (χ0v) is 18.4. The minimum absolute atomic E-state index is 0.0350. The molecule has 158 valence electrons. The maximum absolute atomic E-state index is 12.6. The van der Waals surface area contributed by atoms with Crippen LogP contribution in [-0.2, 0) is 17.9 Å². The summed E-state index contributed by atoms with van der Waals surface area (Å²) >= 11 is 1.80. The van der Waals surface area contributed by atoms with E-state index < -0.39 is 0 Å². The number of piperazine rings is 1. The van der Waals surface area contributed by atoms with Gasteiger partial charge in [0.15, 0.2) is 6.04 Å². The maximum Gasteiger partial charge on any atom is 0.278 e. The Morgan fingerprint density at radius 3 is 2.57 bits per heavy atom. The SMILES string of the molecule is COc1ccc(CNC(=O)[C@H](C)[NH+]2CC[NH+](Cc3nc4ccccc4s3)CC2)cc1. The van der Waals surface area contributed by atoms with E-state index in [-0.39, 0.29) is 11.9 Å². The summed E-state index contributed by atoms with van der Waals surface area (Å²) in [6.45, 7) is 7.73. The fourth-order valence-corrected chi connectivity index (χ4v) is 5.05. The molecule has 1 fully saturated rings. The van der Waals surface area contributed by atoms with Crippen molar-refractivity contribution in [3.63, 3.8) is 0 Å². The zero-order chi connectivity index (χ0) is 20.9. The number of methoxy groups -OCH3 is 1. The second kappa shape index (κ2) is 9.55. The van der Waals surface area contributed by atoms with Crippen LogP contribution in [0.5, 0.6) is 5.75 Å². The van der Waals surface area contributed by atoms with Gasteiger partial charge in [0.1, 0.15) is 43.5 Å². The third kappa shape index (κ3) is 4.98. The summed E-state index contributed by atoms with van der Waals surface area (Å²) in [4.78, 5) is 20.3. The van der Waals surface area contributed by atoms with E-state index in [4.69, 9.17) is 9.72 Å². The van der Waals surface area contributed by atoms with Gasteiger partial charge in [0.2, 0.25) is 0 Å². The molecule has 0 saturated carbocycles. The molecule has 1 aliphatic rings. The molecule has 1 saturated heterocycles. The van der Waals surface area contributed by atoms with Gasteiger partial charge in [0.25, 0.3) is 5.91 Å². The minimum Gasteiger partial charge on any atom is -0.497 e. The molecule has 1 aliphatic heterocycles. The number of rotatable bonds is 7. The molecule has 1 atom stereocenters. The predicted molar refractivity (Wildman–Crippen MR) is 119 cm³/mol. The summed E-state index contributed by atoms with van der Waals surface area (Å²) in [5, 5.41) is 4.29. The van der Waals surface area contributed by atoms with Crippen molar-refractivity contribution in [2.24, 2.45) is 0 Å². The van der Waals surface area contributed by atoms with E-state index >= 15 is 0 Å². The lowest BCUT2D eigenvalue weighted by Crippen LogP contribution is -3.29. The largest absolute Gasteiger partial charge is 0.497 e. The number of aromatic nitrogens is 1. The van der Waals surface area contributed by atoms with E-state index in [2.05, 4.69) is 23.5 Å². The molecule has 0 radical (unpaired) electrons. The summed E-state index contributed by atoms with van der Waals surface area (Å²) in [5.74, 6) is 0.949. The molecule has 0 spiro atoms. The Balaban J connectivity index is 1.23. The predicted octanol–water partition coefficient (Wildman–Crippen LogP) is 0.293. The van der Waals surface area contributed by atoms with Gasteiger partial charge in [0.05, 0.1) is 17.3 Å². The highest BCUT2D eigenvalue weighted by molar-refractivity contribution is 7.18. The number of fused-ring (bicyclic) bond motifs is 1. The van der Waals surface area contributed by atoms with Crippen molar-refractivity contribution < 1.29 is 19.3 Å². The number of thiazole rings is 1. The van der Waals surface area contributed by atoms with Gasteiger partial charge in [-0.05, 0) is 36.8 Å². The molecule has 3 N–H and O–H groups in total. The van der Waals surface area contributed by atoms with Crippen molar-refractivity contribution >= 4 is 27.5 Å². The maximum atomic E-state index is 12.6. The molecule has 0 aliphatic carbocycles. The number of ether oxygens (including phenoxy) is 1.